The van der Waals surface area contributed by atoms with E-state index >= 15 is 0 Å². The number of amides is 2. The maximum atomic E-state index is 11.2. The summed E-state index contributed by atoms with van der Waals surface area (Å²) in [5.74, 6) is -0.0248. The van der Waals surface area contributed by atoms with Gasteiger partial charge in [0, 0.05) is 19.3 Å². The predicted molar refractivity (Wildman–Crippen MR) is 46.0 cm³/mol. The number of carboxylic acid groups (broad SMARTS) is 1. The van der Waals surface area contributed by atoms with Crippen LogP contribution in [0.2, 0.25) is 0 Å². The second kappa shape index (κ2) is 3.92. The van der Waals surface area contributed by atoms with E-state index in [2.05, 4.69) is 5.92 Å². The SMILES string of the molecule is C#CCC(C(=O)O)N1C(=O)CCC1=O. The number of rotatable bonds is 3. The van der Waals surface area contributed by atoms with Gasteiger partial charge < -0.3 is 5.11 Å². The number of hydrogen-bond acceptors (Lipinski definition) is 3. The zero-order valence-electron chi connectivity index (χ0n) is 7.40. The molecule has 5 nitrogen and oxygen atoms in total. The maximum Gasteiger partial charge on any atom is 0.327 e. The van der Waals surface area contributed by atoms with E-state index < -0.39 is 23.8 Å². The lowest BCUT2D eigenvalue weighted by molar-refractivity contribution is -0.153. The molecule has 1 fully saturated rings. The van der Waals surface area contributed by atoms with Gasteiger partial charge >= 0.3 is 5.97 Å². The third-order valence-electron chi connectivity index (χ3n) is 2.00. The van der Waals surface area contributed by atoms with Gasteiger partial charge in [-0.2, -0.15) is 0 Å². The first-order valence-electron chi connectivity index (χ1n) is 4.09. The number of carbonyl (C=O) groups excluding carboxylic acids is 2. The van der Waals surface area contributed by atoms with Crippen LogP contribution in [0.3, 0.4) is 0 Å². The number of terminal acetylenes is 1. The fraction of sp³-hybridized carbons (Fsp3) is 0.444. The van der Waals surface area contributed by atoms with Crippen molar-refractivity contribution in [2.45, 2.75) is 25.3 Å². The fourth-order valence-corrected chi connectivity index (χ4v) is 1.34. The molecule has 0 aromatic carbocycles. The van der Waals surface area contributed by atoms with E-state index in [9.17, 15) is 14.4 Å². The van der Waals surface area contributed by atoms with Crippen molar-refractivity contribution in [2.24, 2.45) is 0 Å². The summed E-state index contributed by atoms with van der Waals surface area (Å²) in [5.41, 5.74) is 0. The highest BCUT2D eigenvalue weighted by Crippen LogP contribution is 2.17. The van der Waals surface area contributed by atoms with Crippen molar-refractivity contribution in [3.05, 3.63) is 0 Å². The smallest absolute Gasteiger partial charge is 0.327 e. The van der Waals surface area contributed by atoms with Crippen LogP contribution in [0.1, 0.15) is 19.3 Å². The van der Waals surface area contributed by atoms with E-state index in [-0.39, 0.29) is 19.3 Å². The third kappa shape index (κ3) is 1.74. The van der Waals surface area contributed by atoms with Crippen LogP contribution in [0.4, 0.5) is 0 Å². The molecule has 1 aliphatic heterocycles. The molecule has 5 heteroatoms. The molecule has 2 amide bonds. The number of aliphatic carboxylic acids is 1. The van der Waals surface area contributed by atoms with Gasteiger partial charge in [-0.05, 0) is 0 Å². The molecule has 1 atom stereocenters. The second-order valence-electron chi connectivity index (χ2n) is 2.92. The number of carboxylic acids is 1. The zero-order valence-corrected chi connectivity index (χ0v) is 7.40. The van der Waals surface area contributed by atoms with Crippen LogP contribution in [0, 0.1) is 12.3 Å². The number of imide groups is 1. The first-order chi connectivity index (χ1) is 6.57. The molecular formula is C9H9NO4. The quantitative estimate of drug-likeness (QED) is 0.491. The molecule has 1 saturated heterocycles. The fourth-order valence-electron chi connectivity index (χ4n) is 1.34. The standard InChI is InChI=1S/C9H9NO4/c1-2-3-6(9(13)14)10-7(11)4-5-8(10)12/h1,6H,3-5H2,(H,13,14). The lowest BCUT2D eigenvalue weighted by atomic mass is 10.2. The van der Waals surface area contributed by atoms with E-state index in [0.717, 1.165) is 4.90 Å². The Morgan fingerprint density at radius 2 is 2.00 bits per heavy atom. The highest BCUT2D eigenvalue weighted by molar-refractivity contribution is 6.04. The minimum absolute atomic E-state index is 0.0766. The number of hydrogen-bond donors (Lipinski definition) is 1. The summed E-state index contributed by atoms with van der Waals surface area (Å²) in [4.78, 5) is 33.8. The Labute approximate surface area is 80.7 Å². The maximum absolute atomic E-state index is 11.2. The molecule has 0 bridgehead atoms. The molecule has 0 aromatic rings. The van der Waals surface area contributed by atoms with Crippen molar-refractivity contribution in [1.82, 2.24) is 4.90 Å². The van der Waals surface area contributed by atoms with Crippen LogP contribution >= 0.6 is 0 Å². The van der Waals surface area contributed by atoms with Crippen molar-refractivity contribution in [2.75, 3.05) is 0 Å². The number of likely N-dealkylation sites (tertiary alicyclic amines) is 1. The summed E-state index contributed by atoms with van der Waals surface area (Å²) >= 11 is 0. The van der Waals surface area contributed by atoms with Crippen molar-refractivity contribution in [1.29, 1.82) is 0 Å². The summed E-state index contributed by atoms with van der Waals surface area (Å²) in [6.45, 7) is 0. The van der Waals surface area contributed by atoms with Gasteiger partial charge in [0.05, 0.1) is 0 Å². The van der Waals surface area contributed by atoms with Crippen molar-refractivity contribution >= 4 is 17.8 Å². The van der Waals surface area contributed by atoms with E-state index in [4.69, 9.17) is 11.5 Å². The molecule has 1 unspecified atom stereocenters. The molecule has 1 rings (SSSR count). The average molecular weight is 195 g/mol. The van der Waals surface area contributed by atoms with Gasteiger partial charge in [-0.1, -0.05) is 0 Å². The Hall–Kier alpha value is -1.83. The molecule has 0 aliphatic carbocycles. The number of nitrogens with zero attached hydrogens (tertiary/aromatic N) is 1. The Bertz CT molecular complexity index is 312. The molecule has 1 N–H and O–H groups in total. The first kappa shape index (κ1) is 10.3. The van der Waals surface area contributed by atoms with Gasteiger partial charge in [0.15, 0.2) is 0 Å². The normalized spacial score (nSPS) is 18.1. The van der Waals surface area contributed by atoms with E-state index in [1.807, 2.05) is 0 Å². The van der Waals surface area contributed by atoms with Gasteiger partial charge in [-0.15, -0.1) is 12.3 Å². The van der Waals surface area contributed by atoms with Crippen LogP contribution in [0.5, 0.6) is 0 Å². The molecule has 1 heterocycles. The third-order valence-corrected chi connectivity index (χ3v) is 2.00. The lowest BCUT2D eigenvalue weighted by Crippen LogP contribution is -2.44. The molecule has 0 aromatic heterocycles. The topological polar surface area (TPSA) is 74.7 Å². The van der Waals surface area contributed by atoms with Gasteiger partial charge in [-0.3, -0.25) is 14.5 Å². The minimum Gasteiger partial charge on any atom is -0.480 e. The zero-order chi connectivity index (χ0) is 10.7. The Morgan fingerprint density at radius 1 is 1.50 bits per heavy atom. The van der Waals surface area contributed by atoms with Crippen LogP contribution in [0.15, 0.2) is 0 Å². The lowest BCUT2D eigenvalue weighted by Gasteiger charge is -2.20. The Kier molecular flexibility index (Phi) is 2.87. The van der Waals surface area contributed by atoms with Crippen molar-refractivity contribution in [3.63, 3.8) is 0 Å². The molecule has 74 valence electrons. The molecule has 1 aliphatic rings. The largest absolute Gasteiger partial charge is 0.480 e. The molecule has 14 heavy (non-hydrogen) atoms. The summed E-state index contributed by atoms with van der Waals surface area (Å²) < 4.78 is 0. The van der Waals surface area contributed by atoms with Crippen LogP contribution in [-0.4, -0.2) is 33.8 Å². The second-order valence-corrected chi connectivity index (χ2v) is 2.92. The van der Waals surface area contributed by atoms with Gasteiger partial charge in [-0.25, -0.2) is 4.79 Å². The molecule has 0 spiro atoms. The van der Waals surface area contributed by atoms with Crippen LogP contribution in [-0.2, 0) is 14.4 Å². The molecule has 0 saturated carbocycles. The average Bonchev–Trinajstić information content (AvgIpc) is 2.43. The van der Waals surface area contributed by atoms with Crippen LogP contribution in [0.25, 0.3) is 0 Å². The predicted octanol–water partition coefficient (Wildman–Crippen LogP) is -0.388. The Balaban J connectivity index is 2.87. The van der Waals surface area contributed by atoms with Crippen molar-refractivity contribution in [3.8, 4) is 12.3 Å². The highest BCUT2D eigenvalue weighted by atomic mass is 16.4. The Morgan fingerprint density at radius 3 is 2.36 bits per heavy atom. The van der Waals surface area contributed by atoms with E-state index in [1.54, 1.807) is 0 Å². The van der Waals surface area contributed by atoms with E-state index in [1.165, 1.54) is 0 Å². The minimum atomic E-state index is -1.24. The first-order valence-corrected chi connectivity index (χ1v) is 4.09. The summed E-state index contributed by atoms with van der Waals surface area (Å²) in [7, 11) is 0. The summed E-state index contributed by atoms with van der Waals surface area (Å²) in [6.07, 6.45) is 4.97. The summed E-state index contributed by atoms with van der Waals surface area (Å²) in [5, 5.41) is 8.76. The van der Waals surface area contributed by atoms with Gasteiger partial charge in [0.1, 0.15) is 6.04 Å². The van der Waals surface area contributed by atoms with Gasteiger partial charge in [0.25, 0.3) is 0 Å². The molecular weight excluding hydrogens is 186 g/mol. The molecule has 0 radical (unpaired) electrons. The van der Waals surface area contributed by atoms with Crippen LogP contribution < -0.4 is 0 Å². The van der Waals surface area contributed by atoms with Gasteiger partial charge in [0.2, 0.25) is 11.8 Å². The van der Waals surface area contributed by atoms with Crippen molar-refractivity contribution < 1.29 is 19.5 Å². The monoisotopic (exact) mass is 195 g/mol. The van der Waals surface area contributed by atoms with E-state index in [0.29, 0.717) is 0 Å². The number of carbonyl (C=O) groups is 3. The highest BCUT2D eigenvalue weighted by Gasteiger charge is 2.38. The summed E-state index contributed by atoms with van der Waals surface area (Å²) in [6, 6.07) is -1.21.